The molecule has 0 N–H and O–H groups in total. The van der Waals surface area contributed by atoms with E-state index in [2.05, 4.69) is 53.9 Å². The third-order valence-corrected chi connectivity index (χ3v) is 13.5. The van der Waals surface area contributed by atoms with Crippen molar-refractivity contribution in [2.24, 2.45) is 0 Å². The minimum absolute atomic E-state index is 0.0734. The molecule has 33 heavy (non-hydrogen) atoms. The molecule has 0 saturated carbocycles. The van der Waals surface area contributed by atoms with E-state index in [-0.39, 0.29) is 5.60 Å². The van der Waals surface area contributed by atoms with Gasteiger partial charge in [0.05, 0.1) is 8.07 Å². The molecule has 0 aliphatic rings. The van der Waals surface area contributed by atoms with E-state index in [4.69, 9.17) is 4.43 Å². The lowest BCUT2D eigenvalue weighted by Crippen LogP contribution is -2.45. The molecule has 0 atom stereocenters. The van der Waals surface area contributed by atoms with Crippen molar-refractivity contribution in [3.05, 3.63) is 0 Å². The second-order valence-electron chi connectivity index (χ2n) is 13.1. The molecule has 0 aliphatic heterocycles. The molecule has 0 amide bonds. The number of rotatable bonds is 24. The molecule has 0 spiro atoms. The van der Waals surface area contributed by atoms with E-state index in [1.807, 2.05) is 0 Å². The van der Waals surface area contributed by atoms with Gasteiger partial charge in [-0.25, -0.2) is 0 Å². The highest BCUT2D eigenvalue weighted by molar-refractivity contribution is 6.77. The van der Waals surface area contributed by atoms with Crippen LogP contribution < -0.4 is 0 Å². The fourth-order valence-corrected chi connectivity index (χ4v) is 12.5. The molecule has 0 saturated heterocycles. The second-order valence-corrected chi connectivity index (χ2v) is 22.5. The first-order chi connectivity index (χ1) is 15.5. The first kappa shape index (κ1) is 33.4. The van der Waals surface area contributed by atoms with Crippen LogP contribution in [0.3, 0.4) is 0 Å². The Hall–Kier alpha value is 0.394. The Morgan fingerprint density at radius 2 is 0.818 bits per heavy atom. The zero-order valence-corrected chi connectivity index (χ0v) is 26.8. The van der Waals surface area contributed by atoms with Crippen LogP contribution >= 0.6 is 0 Å². The third-order valence-electron chi connectivity index (χ3n) is 7.30. The first-order valence-electron chi connectivity index (χ1n) is 15.2. The lowest BCUT2D eigenvalue weighted by atomic mass is 10.1. The average molecular weight is 499 g/mol. The van der Waals surface area contributed by atoms with Crippen molar-refractivity contribution in [2.45, 2.75) is 193 Å². The average Bonchev–Trinajstić information content (AvgIpc) is 2.69. The van der Waals surface area contributed by atoms with Crippen molar-refractivity contribution < 1.29 is 4.43 Å². The molecule has 0 heterocycles. The van der Waals surface area contributed by atoms with Gasteiger partial charge in [0.2, 0.25) is 0 Å². The zero-order valence-electron chi connectivity index (χ0n) is 24.8. The van der Waals surface area contributed by atoms with Crippen molar-refractivity contribution >= 4 is 16.4 Å². The van der Waals surface area contributed by atoms with Crippen LogP contribution in [-0.2, 0) is 4.43 Å². The number of unbranched alkanes of at least 4 members (excludes halogenated alkanes) is 16. The summed E-state index contributed by atoms with van der Waals surface area (Å²) in [7, 11) is -2.76. The standard InChI is InChI=1S/C30H66OSi2/c1-9-11-13-15-17-19-21-23-25-27-32(5,6)29-30(3,4)31-33(7,8)28-26-24-22-20-18-16-14-12-10-2/h9-29H2,1-8H3. The summed E-state index contributed by atoms with van der Waals surface area (Å²) < 4.78 is 6.90. The minimum Gasteiger partial charge on any atom is -0.413 e. The Labute approximate surface area is 213 Å². The maximum atomic E-state index is 6.90. The quantitative estimate of drug-likeness (QED) is 0.0949. The van der Waals surface area contributed by atoms with Crippen LogP contribution in [-0.4, -0.2) is 22.0 Å². The Morgan fingerprint density at radius 1 is 0.485 bits per heavy atom. The van der Waals surface area contributed by atoms with Crippen LogP contribution in [0.2, 0.25) is 44.3 Å². The maximum Gasteiger partial charge on any atom is 0.187 e. The van der Waals surface area contributed by atoms with Gasteiger partial charge < -0.3 is 4.43 Å². The monoisotopic (exact) mass is 498 g/mol. The minimum atomic E-state index is -1.57. The van der Waals surface area contributed by atoms with Crippen LogP contribution in [0.15, 0.2) is 0 Å². The van der Waals surface area contributed by atoms with E-state index in [0.717, 1.165) is 0 Å². The summed E-state index contributed by atoms with van der Waals surface area (Å²) in [6.07, 6.45) is 25.7. The van der Waals surface area contributed by atoms with E-state index in [0.29, 0.717) is 0 Å². The van der Waals surface area contributed by atoms with Crippen molar-refractivity contribution in [3.8, 4) is 0 Å². The summed E-state index contributed by atoms with van der Waals surface area (Å²) in [6, 6.07) is 4.15. The fourth-order valence-electron chi connectivity index (χ4n) is 5.85. The topological polar surface area (TPSA) is 9.23 Å². The number of hydrogen-bond acceptors (Lipinski definition) is 1. The highest BCUT2D eigenvalue weighted by atomic mass is 28.4. The second kappa shape index (κ2) is 19.6. The fraction of sp³-hybridized carbons (Fsp3) is 1.00. The van der Waals surface area contributed by atoms with Crippen LogP contribution in [0.5, 0.6) is 0 Å². The molecule has 200 valence electrons. The van der Waals surface area contributed by atoms with Gasteiger partial charge in [-0.1, -0.05) is 149 Å². The van der Waals surface area contributed by atoms with Crippen LogP contribution in [0.4, 0.5) is 0 Å². The summed E-state index contributed by atoms with van der Waals surface area (Å²) in [5.41, 5.74) is 0.0734. The molecular weight excluding hydrogens is 433 g/mol. The van der Waals surface area contributed by atoms with E-state index < -0.39 is 16.4 Å². The van der Waals surface area contributed by atoms with E-state index in [9.17, 15) is 0 Å². The van der Waals surface area contributed by atoms with Gasteiger partial charge in [-0.2, -0.15) is 0 Å². The Bertz CT molecular complexity index is 393. The molecule has 3 heteroatoms. The van der Waals surface area contributed by atoms with Gasteiger partial charge in [0, 0.05) is 5.60 Å². The lowest BCUT2D eigenvalue weighted by Gasteiger charge is -2.40. The largest absolute Gasteiger partial charge is 0.413 e. The Balaban J connectivity index is 4.00. The zero-order chi connectivity index (χ0) is 25.1. The summed E-state index contributed by atoms with van der Waals surface area (Å²) in [4.78, 5) is 0. The van der Waals surface area contributed by atoms with Gasteiger partial charge in [-0.3, -0.25) is 0 Å². The van der Waals surface area contributed by atoms with E-state index >= 15 is 0 Å². The normalized spacial score (nSPS) is 13.1. The Kier molecular flexibility index (Phi) is 19.8. The highest BCUT2D eigenvalue weighted by Gasteiger charge is 2.35. The van der Waals surface area contributed by atoms with Gasteiger partial charge in [-0.05, 0) is 39.0 Å². The van der Waals surface area contributed by atoms with Gasteiger partial charge in [-0.15, -0.1) is 0 Å². The molecule has 0 unspecified atom stereocenters. The van der Waals surface area contributed by atoms with Crippen LogP contribution in [0.1, 0.15) is 143 Å². The van der Waals surface area contributed by atoms with Gasteiger partial charge in [0.25, 0.3) is 0 Å². The van der Waals surface area contributed by atoms with E-state index in [1.165, 1.54) is 134 Å². The molecule has 1 nitrogen and oxygen atoms in total. The number of hydrogen-bond donors (Lipinski definition) is 0. The van der Waals surface area contributed by atoms with Gasteiger partial charge in [0.1, 0.15) is 0 Å². The van der Waals surface area contributed by atoms with Crippen molar-refractivity contribution in [3.63, 3.8) is 0 Å². The molecule has 0 rings (SSSR count). The van der Waals surface area contributed by atoms with Crippen molar-refractivity contribution in [2.75, 3.05) is 0 Å². The van der Waals surface area contributed by atoms with Gasteiger partial charge in [0.15, 0.2) is 8.32 Å². The Morgan fingerprint density at radius 3 is 1.21 bits per heavy atom. The molecule has 0 aromatic carbocycles. The first-order valence-corrected chi connectivity index (χ1v) is 21.8. The molecule has 0 aromatic rings. The molecule has 0 aromatic heterocycles. The molecule has 0 radical (unpaired) electrons. The molecule has 0 aliphatic carbocycles. The van der Waals surface area contributed by atoms with Crippen LogP contribution in [0.25, 0.3) is 0 Å². The maximum absolute atomic E-state index is 6.90. The molecule has 0 fully saturated rings. The summed E-state index contributed by atoms with van der Waals surface area (Å²) in [6.45, 7) is 19.5. The summed E-state index contributed by atoms with van der Waals surface area (Å²) >= 11 is 0. The summed E-state index contributed by atoms with van der Waals surface area (Å²) in [5, 5.41) is 0. The third kappa shape index (κ3) is 22.6. The molecule has 0 bridgehead atoms. The van der Waals surface area contributed by atoms with E-state index in [1.54, 1.807) is 0 Å². The van der Waals surface area contributed by atoms with Crippen molar-refractivity contribution in [1.82, 2.24) is 0 Å². The predicted octanol–water partition coefficient (Wildman–Crippen LogP) is 11.8. The predicted molar refractivity (Wildman–Crippen MR) is 159 cm³/mol. The lowest BCUT2D eigenvalue weighted by molar-refractivity contribution is 0.118. The van der Waals surface area contributed by atoms with Crippen LogP contribution in [0, 0.1) is 0 Å². The van der Waals surface area contributed by atoms with Gasteiger partial charge >= 0.3 is 0 Å². The molecular formula is C30H66OSi2. The summed E-state index contributed by atoms with van der Waals surface area (Å²) in [5.74, 6) is 0. The SMILES string of the molecule is CCCCCCCCCCC[Si](C)(C)CC(C)(C)O[Si](C)(C)CCCCCCCCCCC. The smallest absolute Gasteiger partial charge is 0.187 e. The highest BCUT2D eigenvalue weighted by Crippen LogP contribution is 2.32. The van der Waals surface area contributed by atoms with Crippen molar-refractivity contribution in [1.29, 1.82) is 0 Å².